The molecule has 3 heteroatoms. The Morgan fingerprint density at radius 1 is 2.00 bits per heavy atom. The van der Waals surface area contributed by atoms with Crippen molar-refractivity contribution in [2.75, 3.05) is 0 Å². The van der Waals surface area contributed by atoms with Crippen molar-refractivity contribution in [1.82, 2.24) is 0 Å². The van der Waals surface area contributed by atoms with E-state index in [4.69, 9.17) is 17.5 Å². The van der Waals surface area contributed by atoms with E-state index in [9.17, 15) is 0 Å². The maximum Gasteiger partial charge on any atom is 0.111 e. The Hall–Kier alpha value is -0.240. The van der Waals surface area contributed by atoms with Crippen LogP contribution in [0.5, 0.6) is 0 Å². The van der Waals surface area contributed by atoms with Gasteiger partial charge in [-0.1, -0.05) is 0 Å². The average molecular weight is 92.5 g/mol. The molecule has 0 spiro atoms. The first-order valence-corrected chi connectivity index (χ1v) is 1.52. The van der Waals surface area contributed by atoms with Gasteiger partial charge in [-0.2, -0.15) is 4.51 Å². The summed E-state index contributed by atoms with van der Waals surface area (Å²) in [4.78, 5) is 0. The SMILES string of the molecule is C/C(N)=N\Cl. The fourth-order valence-corrected chi connectivity index (χ4v) is 0. The highest BCUT2D eigenvalue weighted by molar-refractivity contribution is 6.19. The van der Waals surface area contributed by atoms with Gasteiger partial charge in [0.25, 0.3) is 0 Å². The second kappa shape index (κ2) is 2.03. The van der Waals surface area contributed by atoms with Gasteiger partial charge in [0.2, 0.25) is 0 Å². The first-order valence-electron chi connectivity index (χ1n) is 1.18. The quantitative estimate of drug-likeness (QED) is 0.343. The molecule has 0 saturated carbocycles. The monoisotopic (exact) mass is 92.0 g/mol. The summed E-state index contributed by atoms with van der Waals surface area (Å²) in [7, 11) is 0. The third-order valence-electron chi connectivity index (χ3n) is 0.133. The van der Waals surface area contributed by atoms with E-state index in [0.717, 1.165) is 0 Å². The molecule has 30 valence electrons. The number of nitrogens with two attached hydrogens (primary N) is 1. The molecule has 0 bridgehead atoms. The lowest BCUT2D eigenvalue weighted by molar-refractivity contribution is 1.59. The summed E-state index contributed by atoms with van der Waals surface area (Å²) in [6, 6.07) is 0. The maximum atomic E-state index is 4.91. The maximum absolute atomic E-state index is 4.91. The van der Waals surface area contributed by atoms with E-state index in [-0.39, 0.29) is 0 Å². The Morgan fingerprint density at radius 2 is 2.20 bits per heavy atom. The van der Waals surface area contributed by atoms with Crippen molar-refractivity contribution in [1.29, 1.82) is 0 Å². The second-order valence-electron chi connectivity index (χ2n) is 0.726. The van der Waals surface area contributed by atoms with E-state index in [1.807, 2.05) is 0 Å². The fourth-order valence-electron chi connectivity index (χ4n) is 0. The normalized spacial score (nSPS) is 12.0. The zero-order chi connectivity index (χ0) is 4.28. The molecular formula is C2H5ClN2. The van der Waals surface area contributed by atoms with E-state index in [2.05, 4.69) is 4.51 Å². The third-order valence-corrected chi connectivity index (χ3v) is 0.400. The van der Waals surface area contributed by atoms with Gasteiger partial charge in [-0.3, -0.25) is 0 Å². The largest absolute Gasteiger partial charge is 0.386 e. The van der Waals surface area contributed by atoms with Crippen LogP contribution in [0.15, 0.2) is 4.51 Å². The molecule has 0 heterocycles. The van der Waals surface area contributed by atoms with Crippen molar-refractivity contribution in [3.8, 4) is 0 Å². The predicted molar refractivity (Wildman–Crippen MR) is 23.1 cm³/mol. The minimum Gasteiger partial charge on any atom is -0.386 e. The number of amidine groups is 1. The lowest BCUT2D eigenvalue weighted by Crippen LogP contribution is -2.02. The van der Waals surface area contributed by atoms with Crippen molar-refractivity contribution < 1.29 is 0 Å². The van der Waals surface area contributed by atoms with Crippen molar-refractivity contribution >= 4 is 17.6 Å². The van der Waals surface area contributed by atoms with Crippen LogP contribution in [-0.4, -0.2) is 5.84 Å². The molecule has 0 rings (SSSR count). The lowest BCUT2D eigenvalue weighted by Gasteiger charge is -1.72. The van der Waals surface area contributed by atoms with Crippen LogP contribution >= 0.6 is 11.8 Å². The first-order chi connectivity index (χ1) is 2.27. The van der Waals surface area contributed by atoms with E-state index in [0.29, 0.717) is 5.84 Å². The Balaban J connectivity index is 3.14. The van der Waals surface area contributed by atoms with E-state index in [1.165, 1.54) is 0 Å². The van der Waals surface area contributed by atoms with Crippen LogP contribution in [-0.2, 0) is 0 Å². The summed E-state index contributed by atoms with van der Waals surface area (Å²) < 4.78 is 3.06. The molecule has 0 unspecified atom stereocenters. The van der Waals surface area contributed by atoms with Gasteiger partial charge in [-0.15, -0.1) is 0 Å². The van der Waals surface area contributed by atoms with Crippen LogP contribution in [0.25, 0.3) is 0 Å². The van der Waals surface area contributed by atoms with Gasteiger partial charge in [0.15, 0.2) is 0 Å². The molecule has 0 aliphatic rings. The molecule has 0 aliphatic heterocycles. The van der Waals surface area contributed by atoms with Gasteiger partial charge in [0.1, 0.15) is 5.84 Å². The number of hydrogen-bond acceptors (Lipinski definition) is 1. The van der Waals surface area contributed by atoms with Gasteiger partial charge in [-0.25, -0.2) is 0 Å². The Bertz CT molecular complexity index is 45.6. The van der Waals surface area contributed by atoms with Gasteiger partial charge in [0, 0.05) is 11.8 Å². The molecule has 0 atom stereocenters. The minimum absolute atomic E-state index is 0.395. The molecule has 0 amide bonds. The van der Waals surface area contributed by atoms with Gasteiger partial charge in [-0.05, 0) is 6.92 Å². The molecule has 0 aliphatic carbocycles. The highest BCUT2D eigenvalue weighted by Crippen LogP contribution is 1.70. The number of rotatable bonds is 0. The topological polar surface area (TPSA) is 38.4 Å². The summed E-state index contributed by atoms with van der Waals surface area (Å²) in [5.41, 5.74) is 4.91. The Kier molecular flexibility index (Phi) is 1.93. The summed E-state index contributed by atoms with van der Waals surface area (Å²) in [6.45, 7) is 1.62. The molecule has 2 nitrogen and oxygen atoms in total. The zero-order valence-corrected chi connectivity index (χ0v) is 3.66. The molecule has 2 N–H and O–H groups in total. The smallest absolute Gasteiger partial charge is 0.111 e. The van der Waals surface area contributed by atoms with Crippen molar-refractivity contribution in [3.63, 3.8) is 0 Å². The van der Waals surface area contributed by atoms with Crippen LogP contribution in [0.1, 0.15) is 6.92 Å². The highest BCUT2D eigenvalue weighted by atomic mass is 35.5. The van der Waals surface area contributed by atoms with Crippen LogP contribution in [0, 0.1) is 0 Å². The summed E-state index contributed by atoms with van der Waals surface area (Å²) in [6.07, 6.45) is 0. The van der Waals surface area contributed by atoms with Crippen molar-refractivity contribution in [2.45, 2.75) is 6.92 Å². The van der Waals surface area contributed by atoms with E-state index in [1.54, 1.807) is 6.92 Å². The number of halogens is 1. The third kappa shape index (κ3) is 3.76. The average Bonchev–Trinajstić information content (AvgIpc) is 1.38. The summed E-state index contributed by atoms with van der Waals surface area (Å²) in [5.74, 6) is 0.395. The Morgan fingerprint density at radius 3 is 2.20 bits per heavy atom. The zero-order valence-electron chi connectivity index (χ0n) is 2.90. The molecular weight excluding hydrogens is 87.5 g/mol. The van der Waals surface area contributed by atoms with Gasteiger partial charge < -0.3 is 5.73 Å². The molecule has 0 aromatic rings. The van der Waals surface area contributed by atoms with E-state index < -0.39 is 0 Å². The Labute approximate surface area is 35.8 Å². The minimum atomic E-state index is 0.395. The molecule has 0 aromatic carbocycles. The molecule has 0 aromatic heterocycles. The van der Waals surface area contributed by atoms with Gasteiger partial charge in [0.05, 0.1) is 0 Å². The first kappa shape index (κ1) is 4.76. The number of hydrogen-bond donors (Lipinski definition) is 1. The van der Waals surface area contributed by atoms with Crippen LogP contribution < -0.4 is 5.73 Å². The van der Waals surface area contributed by atoms with Crippen LogP contribution in [0.4, 0.5) is 0 Å². The molecule has 0 radical (unpaired) electrons. The molecule has 0 saturated heterocycles. The standard InChI is InChI=1S/C2H5ClN2/c1-2(4)5-3/h1H3,(H2,4,5). The van der Waals surface area contributed by atoms with Crippen LogP contribution in [0.3, 0.4) is 0 Å². The van der Waals surface area contributed by atoms with E-state index >= 15 is 0 Å². The van der Waals surface area contributed by atoms with Crippen molar-refractivity contribution in [3.05, 3.63) is 0 Å². The van der Waals surface area contributed by atoms with Gasteiger partial charge >= 0.3 is 0 Å². The molecule has 5 heavy (non-hydrogen) atoms. The number of nitrogens with zero attached hydrogens (tertiary/aromatic N) is 1. The highest BCUT2D eigenvalue weighted by Gasteiger charge is 1.64. The predicted octanol–water partition coefficient (Wildman–Crippen LogP) is 0.517. The lowest BCUT2D eigenvalue weighted by atomic mass is 10.8. The summed E-state index contributed by atoms with van der Waals surface area (Å²) >= 11 is 4.80. The molecule has 0 fully saturated rings. The fraction of sp³-hybridized carbons (Fsp3) is 0.500. The summed E-state index contributed by atoms with van der Waals surface area (Å²) in [5, 5.41) is 0. The van der Waals surface area contributed by atoms with Crippen LogP contribution in [0.2, 0.25) is 0 Å². The van der Waals surface area contributed by atoms with Crippen molar-refractivity contribution in [2.24, 2.45) is 10.2 Å². The second-order valence-corrected chi connectivity index (χ2v) is 0.895.